The Hall–Kier alpha value is -3.74. The van der Waals surface area contributed by atoms with Gasteiger partial charge in [-0.3, -0.25) is 5.32 Å². The summed E-state index contributed by atoms with van der Waals surface area (Å²) in [6.07, 6.45) is 4.92. The lowest BCUT2D eigenvalue weighted by molar-refractivity contribution is 0.0687. The molecule has 0 spiro atoms. The molecule has 3 heterocycles. The number of benzene rings is 1. The van der Waals surface area contributed by atoms with Gasteiger partial charge in [-0.15, -0.1) is 0 Å². The zero-order valence-electron chi connectivity index (χ0n) is 19.5. The van der Waals surface area contributed by atoms with Gasteiger partial charge in [-0.1, -0.05) is 11.3 Å². The summed E-state index contributed by atoms with van der Waals surface area (Å²) in [6, 6.07) is 5.19. The second-order valence-corrected chi connectivity index (χ2v) is 9.14. The van der Waals surface area contributed by atoms with Crippen LogP contribution in [0.15, 0.2) is 36.8 Å². The first-order valence-corrected chi connectivity index (χ1v) is 11.8. The average molecular weight is 495 g/mol. The van der Waals surface area contributed by atoms with E-state index in [2.05, 4.69) is 40.9 Å². The van der Waals surface area contributed by atoms with Crippen LogP contribution in [-0.4, -0.2) is 60.9 Å². The van der Waals surface area contributed by atoms with Crippen molar-refractivity contribution in [3.05, 3.63) is 42.6 Å². The highest BCUT2D eigenvalue weighted by molar-refractivity contribution is 7.22. The van der Waals surface area contributed by atoms with E-state index in [9.17, 15) is 9.90 Å². The Balaban J connectivity index is 1.82. The number of fused-ring (bicyclic) bond motifs is 1. The second-order valence-electron chi connectivity index (χ2n) is 8.15. The van der Waals surface area contributed by atoms with Gasteiger partial charge in [0.15, 0.2) is 16.8 Å². The largest absolute Gasteiger partial charge is 0.395 e. The molecule has 11 nitrogen and oxygen atoms in total. The van der Waals surface area contributed by atoms with Crippen molar-refractivity contribution in [1.29, 1.82) is 0 Å². The smallest absolute Gasteiger partial charge is 0.321 e. The maximum Gasteiger partial charge on any atom is 0.321 e. The van der Waals surface area contributed by atoms with Crippen LogP contribution in [-0.2, 0) is 5.60 Å². The van der Waals surface area contributed by atoms with Gasteiger partial charge in [-0.2, -0.15) is 0 Å². The van der Waals surface area contributed by atoms with Crippen LogP contribution in [0.2, 0.25) is 0 Å². The number of hydrogen-bond donors (Lipinski definition) is 5. The SMILES string of the molecule is CCNC(=O)Nc1nc2cc(-c3cnc(C(C)(C)O)nc3)cc(-c3nccc(NCCO)n3)c2s1. The van der Waals surface area contributed by atoms with Crippen molar-refractivity contribution in [3.63, 3.8) is 0 Å². The summed E-state index contributed by atoms with van der Waals surface area (Å²) in [5.41, 5.74) is 1.72. The van der Waals surface area contributed by atoms with E-state index in [1.807, 2.05) is 19.1 Å². The number of hydrogen-bond acceptors (Lipinski definition) is 10. The Labute approximate surface area is 205 Å². The van der Waals surface area contributed by atoms with E-state index in [1.54, 1.807) is 38.5 Å². The fraction of sp³-hybridized carbons (Fsp3) is 0.304. The first-order chi connectivity index (χ1) is 16.8. The summed E-state index contributed by atoms with van der Waals surface area (Å²) < 4.78 is 0.800. The van der Waals surface area contributed by atoms with Gasteiger partial charge in [-0.25, -0.2) is 29.7 Å². The lowest BCUT2D eigenvalue weighted by atomic mass is 10.0. The summed E-state index contributed by atoms with van der Waals surface area (Å²) in [5, 5.41) is 28.2. The minimum atomic E-state index is -1.15. The Morgan fingerprint density at radius 2 is 1.89 bits per heavy atom. The number of carbonyl (C=O) groups is 1. The minimum absolute atomic E-state index is 0.0244. The molecule has 3 aromatic heterocycles. The van der Waals surface area contributed by atoms with Crippen LogP contribution in [0.4, 0.5) is 15.7 Å². The highest BCUT2D eigenvalue weighted by Gasteiger charge is 2.20. The average Bonchev–Trinajstić information content (AvgIpc) is 3.24. The lowest BCUT2D eigenvalue weighted by Gasteiger charge is -2.15. The zero-order valence-corrected chi connectivity index (χ0v) is 20.3. The molecule has 35 heavy (non-hydrogen) atoms. The summed E-state index contributed by atoms with van der Waals surface area (Å²) in [7, 11) is 0. The Bertz CT molecular complexity index is 1340. The molecule has 2 amide bonds. The van der Waals surface area contributed by atoms with Gasteiger partial charge in [-0.05, 0) is 44.5 Å². The number of carbonyl (C=O) groups excluding carboxylic acids is 1. The van der Waals surface area contributed by atoms with Gasteiger partial charge in [0.2, 0.25) is 0 Å². The van der Waals surface area contributed by atoms with E-state index in [0.717, 1.165) is 21.4 Å². The molecule has 5 N–H and O–H groups in total. The molecule has 12 heteroatoms. The molecule has 4 rings (SSSR count). The van der Waals surface area contributed by atoms with Crippen molar-refractivity contribution >= 4 is 38.5 Å². The summed E-state index contributed by atoms with van der Waals surface area (Å²) in [6.45, 7) is 5.91. The number of anilines is 2. The molecule has 0 atom stereocenters. The van der Waals surface area contributed by atoms with Gasteiger partial charge >= 0.3 is 6.03 Å². The van der Waals surface area contributed by atoms with Crippen LogP contribution in [0, 0.1) is 0 Å². The van der Waals surface area contributed by atoms with Crippen molar-refractivity contribution in [2.75, 3.05) is 30.3 Å². The highest BCUT2D eigenvalue weighted by Crippen LogP contribution is 2.37. The molecule has 1 aromatic carbocycles. The fourth-order valence-corrected chi connectivity index (χ4v) is 4.24. The molecular formula is C23H26N8O3S. The van der Waals surface area contributed by atoms with Crippen LogP contribution >= 0.6 is 11.3 Å². The first-order valence-electron chi connectivity index (χ1n) is 11.0. The van der Waals surface area contributed by atoms with Gasteiger partial charge < -0.3 is 20.8 Å². The summed E-state index contributed by atoms with van der Waals surface area (Å²) >= 11 is 1.32. The second kappa shape index (κ2) is 10.3. The van der Waals surface area contributed by atoms with Gasteiger partial charge in [0.05, 0.1) is 16.8 Å². The summed E-state index contributed by atoms with van der Waals surface area (Å²) in [5.74, 6) is 1.35. The predicted molar refractivity (Wildman–Crippen MR) is 135 cm³/mol. The number of nitrogens with zero attached hydrogens (tertiary/aromatic N) is 5. The van der Waals surface area contributed by atoms with Crippen molar-refractivity contribution in [3.8, 4) is 22.5 Å². The Kier molecular flexibility index (Phi) is 7.15. The fourth-order valence-electron chi connectivity index (χ4n) is 3.28. The molecule has 0 saturated heterocycles. The third kappa shape index (κ3) is 5.67. The third-order valence-electron chi connectivity index (χ3n) is 4.89. The molecule has 0 aliphatic rings. The monoisotopic (exact) mass is 494 g/mol. The molecule has 0 radical (unpaired) electrons. The maximum atomic E-state index is 12.0. The molecule has 0 bridgehead atoms. The van der Waals surface area contributed by atoms with Crippen LogP contribution in [0.3, 0.4) is 0 Å². The topological polar surface area (TPSA) is 158 Å². The van der Waals surface area contributed by atoms with Crippen molar-refractivity contribution < 1.29 is 15.0 Å². The van der Waals surface area contributed by atoms with Crippen LogP contribution in [0.5, 0.6) is 0 Å². The number of nitrogens with one attached hydrogen (secondary N) is 3. The number of aromatic nitrogens is 5. The molecule has 0 unspecified atom stereocenters. The molecule has 0 aliphatic heterocycles. The van der Waals surface area contributed by atoms with Crippen molar-refractivity contribution in [2.24, 2.45) is 0 Å². The Morgan fingerprint density at radius 3 is 2.57 bits per heavy atom. The lowest BCUT2D eigenvalue weighted by Crippen LogP contribution is -2.28. The molecule has 0 saturated carbocycles. The van der Waals surface area contributed by atoms with Gasteiger partial charge in [0.25, 0.3) is 0 Å². The van der Waals surface area contributed by atoms with E-state index in [-0.39, 0.29) is 12.6 Å². The zero-order chi connectivity index (χ0) is 25.0. The van der Waals surface area contributed by atoms with E-state index in [1.165, 1.54) is 11.3 Å². The number of thiazole rings is 1. The van der Waals surface area contributed by atoms with E-state index in [4.69, 9.17) is 5.11 Å². The van der Waals surface area contributed by atoms with E-state index < -0.39 is 5.60 Å². The van der Waals surface area contributed by atoms with Crippen LogP contribution in [0.1, 0.15) is 26.6 Å². The van der Waals surface area contributed by atoms with E-state index >= 15 is 0 Å². The van der Waals surface area contributed by atoms with E-state index in [0.29, 0.717) is 41.2 Å². The third-order valence-corrected chi connectivity index (χ3v) is 5.91. The van der Waals surface area contributed by atoms with Crippen molar-refractivity contribution in [2.45, 2.75) is 26.4 Å². The first kappa shape index (κ1) is 24.4. The van der Waals surface area contributed by atoms with Gasteiger partial charge in [0.1, 0.15) is 11.4 Å². The maximum absolute atomic E-state index is 12.0. The highest BCUT2D eigenvalue weighted by atomic mass is 32.1. The molecule has 0 aliphatic carbocycles. The molecular weight excluding hydrogens is 468 g/mol. The van der Waals surface area contributed by atoms with Gasteiger partial charge in [0, 0.05) is 42.8 Å². The van der Waals surface area contributed by atoms with Crippen LogP contribution in [0.25, 0.3) is 32.7 Å². The quantitative estimate of drug-likeness (QED) is 0.248. The normalized spacial score (nSPS) is 11.5. The number of amides is 2. The number of rotatable bonds is 8. The predicted octanol–water partition coefficient (Wildman–Crippen LogP) is 2.98. The standard InChI is InChI=1S/C23H26N8O3S/c1-4-24-21(33)31-22-29-16-10-13(14-11-27-20(28-12-14)23(2,3)34)9-15(18(16)35-22)19-26-6-5-17(30-19)25-7-8-32/h5-6,9-12,32,34H,4,7-8H2,1-3H3,(H,25,26,30)(H2,24,29,31,33). The Morgan fingerprint density at radius 1 is 1.11 bits per heavy atom. The number of urea groups is 1. The molecule has 4 aromatic rings. The molecule has 0 fully saturated rings. The van der Waals surface area contributed by atoms with Crippen molar-refractivity contribution in [1.82, 2.24) is 30.2 Å². The number of aliphatic hydroxyl groups is 2. The summed E-state index contributed by atoms with van der Waals surface area (Å²) in [4.78, 5) is 34.3. The molecule has 182 valence electrons. The van der Waals surface area contributed by atoms with Crippen LogP contribution < -0.4 is 16.0 Å². The minimum Gasteiger partial charge on any atom is -0.395 e. The number of aliphatic hydroxyl groups excluding tert-OH is 1.